The van der Waals surface area contributed by atoms with E-state index in [-0.39, 0.29) is 0 Å². The number of rotatable bonds is 6. The molecule has 6 heteroatoms. The van der Waals surface area contributed by atoms with Crippen LogP contribution >= 0.6 is 0 Å². The van der Waals surface area contributed by atoms with E-state index in [0.29, 0.717) is 29.9 Å². The van der Waals surface area contributed by atoms with Crippen molar-refractivity contribution in [3.05, 3.63) is 0 Å². The van der Waals surface area contributed by atoms with Gasteiger partial charge < -0.3 is 15.4 Å². The molecule has 1 heterocycles. The molecule has 6 nitrogen and oxygen atoms in total. The third kappa shape index (κ3) is 3.49. The van der Waals surface area contributed by atoms with Crippen molar-refractivity contribution in [2.45, 2.75) is 46.1 Å². The van der Waals surface area contributed by atoms with Gasteiger partial charge >= 0.3 is 6.01 Å². The third-order valence-electron chi connectivity index (χ3n) is 4.11. The van der Waals surface area contributed by atoms with E-state index < -0.39 is 0 Å². The average molecular weight is 279 g/mol. The van der Waals surface area contributed by atoms with Gasteiger partial charge in [-0.2, -0.15) is 15.0 Å². The molecule has 2 N–H and O–H groups in total. The molecule has 1 aromatic heterocycles. The van der Waals surface area contributed by atoms with Crippen LogP contribution in [0.15, 0.2) is 0 Å². The van der Waals surface area contributed by atoms with Crippen LogP contribution < -0.4 is 15.4 Å². The quantitative estimate of drug-likeness (QED) is 0.834. The lowest BCUT2D eigenvalue weighted by Gasteiger charge is -2.20. The van der Waals surface area contributed by atoms with Crippen molar-refractivity contribution in [2.75, 3.05) is 24.3 Å². The number of methoxy groups -OCH3 is 1. The fourth-order valence-corrected chi connectivity index (χ4v) is 2.56. The fourth-order valence-electron chi connectivity index (χ4n) is 2.56. The highest BCUT2D eigenvalue weighted by molar-refractivity contribution is 5.37. The van der Waals surface area contributed by atoms with Crippen LogP contribution in [0.1, 0.15) is 40.0 Å². The van der Waals surface area contributed by atoms with Crippen LogP contribution in [0.25, 0.3) is 0 Å². The first kappa shape index (κ1) is 14.8. The molecule has 1 fully saturated rings. The van der Waals surface area contributed by atoms with Crippen molar-refractivity contribution in [1.29, 1.82) is 0 Å². The summed E-state index contributed by atoms with van der Waals surface area (Å²) >= 11 is 0. The smallest absolute Gasteiger partial charge is 0.322 e. The summed E-state index contributed by atoms with van der Waals surface area (Å²) in [6.07, 6.45) is 3.43. The minimum Gasteiger partial charge on any atom is -0.467 e. The number of nitrogens with one attached hydrogen (secondary N) is 2. The second-order valence-corrected chi connectivity index (χ2v) is 5.56. The minimum absolute atomic E-state index is 0.347. The van der Waals surface area contributed by atoms with Crippen molar-refractivity contribution in [1.82, 2.24) is 15.0 Å². The molecular formula is C14H25N5O. The van der Waals surface area contributed by atoms with Gasteiger partial charge in [-0.1, -0.05) is 20.8 Å². The van der Waals surface area contributed by atoms with Crippen LogP contribution in [-0.4, -0.2) is 34.6 Å². The van der Waals surface area contributed by atoms with E-state index in [1.165, 1.54) is 6.42 Å². The molecule has 0 saturated heterocycles. The largest absolute Gasteiger partial charge is 0.467 e. The molecule has 0 bridgehead atoms. The lowest BCUT2D eigenvalue weighted by atomic mass is 9.98. The van der Waals surface area contributed by atoms with Crippen LogP contribution in [-0.2, 0) is 0 Å². The zero-order valence-corrected chi connectivity index (χ0v) is 12.8. The molecular weight excluding hydrogens is 254 g/mol. The van der Waals surface area contributed by atoms with Gasteiger partial charge in [-0.25, -0.2) is 0 Å². The van der Waals surface area contributed by atoms with E-state index in [0.717, 1.165) is 25.3 Å². The summed E-state index contributed by atoms with van der Waals surface area (Å²) in [4.78, 5) is 12.9. The molecule has 1 aromatic rings. The van der Waals surface area contributed by atoms with Crippen LogP contribution in [0, 0.1) is 11.8 Å². The van der Waals surface area contributed by atoms with Crippen LogP contribution in [0.4, 0.5) is 11.9 Å². The fraction of sp³-hybridized carbons (Fsp3) is 0.786. The Morgan fingerprint density at radius 2 is 1.90 bits per heavy atom. The summed E-state index contributed by atoms with van der Waals surface area (Å²) in [6, 6.07) is 0.774. The number of ether oxygens (including phenoxy) is 1. The van der Waals surface area contributed by atoms with Gasteiger partial charge in [0.25, 0.3) is 0 Å². The minimum atomic E-state index is 0.347. The molecule has 3 atom stereocenters. The first-order valence-electron chi connectivity index (χ1n) is 7.44. The van der Waals surface area contributed by atoms with Crippen molar-refractivity contribution in [3.63, 3.8) is 0 Å². The summed E-state index contributed by atoms with van der Waals surface area (Å²) in [5.74, 6) is 2.54. The third-order valence-corrected chi connectivity index (χ3v) is 4.11. The maximum absolute atomic E-state index is 5.15. The van der Waals surface area contributed by atoms with Gasteiger partial charge in [0.05, 0.1) is 7.11 Å². The molecule has 1 saturated carbocycles. The average Bonchev–Trinajstić information content (AvgIpc) is 2.77. The first-order chi connectivity index (χ1) is 9.63. The number of nitrogens with zero attached hydrogens (tertiary/aromatic N) is 3. The van der Waals surface area contributed by atoms with E-state index >= 15 is 0 Å². The normalized spacial score (nSPS) is 25.5. The summed E-state index contributed by atoms with van der Waals surface area (Å²) in [6.45, 7) is 7.52. The molecule has 0 spiro atoms. The Morgan fingerprint density at radius 1 is 1.15 bits per heavy atom. The summed E-state index contributed by atoms with van der Waals surface area (Å²) in [7, 11) is 1.57. The van der Waals surface area contributed by atoms with Crippen LogP contribution in [0.3, 0.4) is 0 Å². The predicted octanol–water partition coefficient (Wildman–Crippen LogP) is 2.55. The Balaban J connectivity index is 2.10. The van der Waals surface area contributed by atoms with Gasteiger partial charge in [0.1, 0.15) is 0 Å². The molecule has 0 amide bonds. The topological polar surface area (TPSA) is 72.0 Å². The molecule has 2 rings (SSSR count). The molecule has 0 aromatic carbocycles. The SMILES string of the molecule is CCCNc1nc(NC2CCC(C)C2C)nc(OC)n1. The Morgan fingerprint density at radius 3 is 2.50 bits per heavy atom. The van der Waals surface area contributed by atoms with Crippen molar-refractivity contribution in [2.24, 2.45) is 11.8 Å². The number of hydrogen-bond acceptors (Lipinski definition) is 6. The lowest BCUT2D eigenvalue weighted by molar-refractivity contribution is 0.378. The summed E-state index contributed by atoms with van der Waals surface area (Å²) in [5, 5.41) is 6.60. The highest BCUT2D eigenvalue weighted by Gasteiger charge is 2.30. The second kappa shape index (κ2) is 6.72. The van der Waals surface area contributed by atoms with E-state index in [4.69, 9.17) is 4.74 Å². The number of hydrogen-bond donors (Lipinski definition) is 2. The van der Waals surface area contributed by atoms with Crippen molar-refractivity contribution < 1.29 is 4.74 Å². The maximum Gasteiger partial charge on any atom is 0.322 e. The van der Waals surface area contributed by atoms with Crippen LogP contribution in [0.2, 0.25) is 0 Å². The second-order valence-electron chi connectivity index (χ2n) is 5.56. The van der Waals surface area contributed by atoms with Gasteiger partial charge in [0.15, 0.2) is 0 Å². The van der Waals surface area contributed by atoms with E-state index in [9.17, 15) is 0 Å². The molecule has 0 radical (unpaired) electrons. The van der Waals surface area contributed by atoms with E-state index in [1.807, 2.05) is 0 Å². The first-order valence-corrected chi connectivity index (χ1v) is 7.44. The maximum atomic E-state index is 5.15. The monoisotopic (exact) mass is 279 g/mol. The zero-order valence-electron chi connectivity index (χ0n) is 12.8. The summed E-state index contributed by atoms with van der Waals surface area (Å²) < 4.78 is 5.15. The highest BCUT2D eigenvalue weighted by atomic mass is 16.5. The number of aromatic nitrogens is 3. The lowest BCUT2D eigenvalue weighted by Crippen LogP contribution is -2.25. The summed E-state index contributed by atoms with van der Waals surface area (Å²) in [5.41, 5.74) is 0. The predicted molar refractivity (Wildman–Crippen MR) is 80.1 cm³/mol. The van der Waals surface area contributed by atoms with Gasteiger partial charge in [0.2, 0.25) is 11.9 Å². The van der Waals surface area contributed by atoms with Crippen molar-refractivity contribution in [3.8, 4) is 6.01 Å². The van der Waals surface area contributed by atoms with E-state index in [1.54, 1.807) is 7.11 Å². The number of anilines is 2. The zero-order chi connectivity index (χ0) is 14.5. The Hall–Kier alpha value is -1.59. The van der Waals surface area contributed by atoms with Crippen molar-refractivity contribution >= 4 is 11.9 Å². The molecule has 1 aliphatic carbocycles. The van der Waals surface area contributed by atoms with Gasteiger partial charge in [-0.05, 0) is 31.1 Å². The van der Waals surface area contributed by atoms with Crippen LogP contribution in [0.5, 0.6) is 6.01 Å². The Labute approximate surface area is 120 Å². The highest BCUT2D eigenvalue weighted by Crippen LogP contribution is 2.32. The Bertz CT molecular complexity index is 440. The van der Waals surface area contributed by atoms with Gasteiger partial charge in [-0.3, -0.25) is 0 Å². The molecule has 20 heavy (non-hydrogen) atoms. The Kier molecular flexibility index (Phi) is 4.98. The molecule has 3 unspecified atom stereocenters. The van der Waals surface area contributed by atoms with E-state index in [2.05, 4.69) is 46.4 Å². The standard InChI is InChI=1S/C14H25N5O/c1-5-8-15-12-17-13(19-14(18-12)20-4)16-11-7-6-9(2)10(11)3/h9-11H,5-8H2,1-4H3,(H2,15,16,17,18,19). The van der Waals surface area contributed by atoms with Gasteiger partial charge in [-0.15, -0.1) is 0 Å². The molecule has 112 valence electrons. The molecule has 0 aliphatic heterocycles. The van der Waals surface area contributed by atoms with Gasteiger partial charge in [0, 0.05) is 12.6 Å². The molecule has 1 aliphatic rings.